The van der Waals surface area contributed by atoms with Gasteiger partial charge in [-0.15, -0.1) is 0 Å². The van der Waals surface area contributed by atoms with Crippen molar-refractivity contribution < 1.29 is 18.4 Å². The molecule has 3 aliphatic rings. The predicted octanol–water partition coefficient (Wildman–Crippen LogP) is 5.98. The number of carbonyl (C=O) groups is 1. The molecule has 2 aromatic rings. The van der Waals surface area contributed by atoms with Gasteiger partial charge in [0, 0.05) is 17.9 Å². The summed E-state index contributed by atoms with van der Waals surface area (Å²) >= 11 is 11.9. The van der Waals surface area contributed by atoms with Crippen LogP contribution >= 0.6 is 23.2 Å². The summed E-state index contributed by atoms with van der Waals surface area (Å²) in [5, 5.41) is 4.05. The van der Waals surface area contributed by atoms with E-state index in [0.29, 0.717) is 23.3 Å². The molecule has 168 valence electrons. The summed E-state index contributed by atoms with van der Waals surface area (Å²) in [4.78, 5) is 19.6. The number of likely N-dealkylation sites (tertiary alicyclic amines) is 1. The van der Waals surface area contributed by atoms with Gasteiger partial charge in [-0.1, -0.05) is 59.0 Å². The number of hydrogen-bond acceptors (Lipinski definition) is 3. The molecule has 4 nitrogen and oxygen atoms in total. The van der Waals surface area contributed by atoms with Crippen LogP contribution in [0.2, 0.25) is 10.0 Å². The van der Waals surface area contributed by atoms with Crippen LogP contribution in [0.25, 0.3) is 0 Å². The molecule has 2 fully saturated rings. The molecule has 1 saturated heterocycles. The van der Waals surface area contributed by atoms with Gasteiger partial charge >= 0.3 is 0 Å². The van der Waals surface area contributed by atoms with Crippen molar-refractivity contribution in [3.8, 4) is 0 Å². The van der Waals surface area contributed by atoms with Crippen molar-refractivity contribution in [3.05, 3.63) is 69.0 Å². The molecule has 0 spiro atoms. The lowest BCUT2D eigenvalue weighted by Gasteiger charge is -2.47. The van der Waals surface area contributed by atoms with E-state index in [-0.39, 0.29) is 35.0 Å². The van der Waals surface area contributed by atoms with Crippen molar-refractivity contribution in [3.63, 3.8) is 0 Å². The zero-order valence-electron chi connectivity index (χ0n) is 17.5. The van der Waals surface area contributed by atoms with Crippen molar-refractivity contribution >= 4 is 34.8 Å². The fraction of sp³-hybridized carbons (Fsp3) is 0.417. The number of carbonyl (C=O) groups excluding carboxylic acids is 1. The van der Waals surface area contributed by atoms with Crippen molar-refractivity contribution in [2.75, 3.05) is 13.1 Å². The van der Waals surface area contributed by atoms with Gasteiger partial charge in [-0.05, 0) is 43.0 Å². The second-order valence-corrected chi connectivity index (χ2v) is 9.97. The van der Waals surface area contributed by atoms with Crippen LogP contribution < -0.4 is 0 Å². The number of halogens is 4. The van der Waals surface area contributed by atoms with Gasteiger partial charge in [0.05, 0.1) is 28.8 Å². The average Bonchev–Trinajstić information content (AvgIpc) is 3.11. The number of nitrogens with zero attached hydrogens (tertiary/aromatic N) is 2. The smallest absolute Gasteiger partial charge is 0.225 e. The zero-order valence-corrected chi connectivity index (χ0v) is 19.0. The highest BCUT2D eigenvalue weighted by Gasteiger charge is 2.49. The van der Waals surface area contributed by atoms with E-state index in [1.54, 1.807) is 17.0 Å². The molecule has 0 bridgehead atoms. The molecule has 1 atom stereocenters. The summed E-state index contributed by atoms with van der Waals surface area (Å²) < 4.78 is 29.1. The Bertz CT molecular complexity index is 1090. The standard InChI is InChI=1S/C24H22Cl2F2N2O2/c1-23(17-9-18(25)21(27)19(26)10-17)11-20(29-32-23)14-5-7-16(8-6-14)24(28)12-30(13-24)22(31)15-3-2-4-15/h5-10,15H,2-4,11-13H2,1H3. The second kappa shape index (κ2) is 7.70. The predicted molar refractivity (Wildman–Crippen MR) is 119 cm³/mol. The normalized spacial score (nSPS) is 24.4. The van der Waals surface area contributed by atoms with E-state index in [4.69, 9.17) is 28.0 Å². The van der Waals surface area contributed by atoms with Crippen LogP contribution in [0.1, 0.15) is 49.3 Å². The molecule has 2 aliphatic heterocycles. The van der Waals surface area contributed by atoms with Crippen molar-refractivity contribution in [1.82, 2.24) is 4.90 Å². The van der Waals surface area contributed by atoms with Crippen molar-refractivity contribution in [2.24, 2.45) is 11.1 Å². The van der Waals surface area contributed by atoms with Crippen LogP contribution in [0.15, 0.2) is 41.6 Å². The van der Waals surface area contributed by atoms with Crippen LogP contribution in [0.5, 0.6) is 0 Å². The Morgan fingerprint density at radius 2 is 1.75 bits per heavy atom. The Balaban J connectivity index is 1.27. The van der Waals surface area contributed by atoms with E-state index in [0.717, 1.165) is 24.8 Å². The molecular weight excluding hydrogens is 457 g/mol. The molecule has 8 heteroatoms. The van der Waals surface area contributed by atoms with Crippen LogP contribution in [0.3, 0.4) is 0 Å². The quantitative estimate of drug-likeness (QED) is 0.507. The maximum Gasteiger partial charge on any atom is 0.225 e. The molecule has 0 N–H and O–H groups in total. The van der Waals surface area contributed by atoms with E-state index >= 15 is 4.39 Å². The molecule has 2 aromatic carbocycles. The van der Waals surface area contributed by atoms with Gasteiger partial charge < -0.3 is 9.74 Å². The average molecular weight is 479 g/mol. The molecule has 5 rings (SSSR count). The minimum atomic E-state index is -1.51. The first-order chi connectivity index (χ1) is 15.2. The van der Waals surface area contributed by atoms with Gasteiger partial charge in [-0.2, -0.15) is 0 Å². The summed E-state index contributed by atoms with van der Waals surface area (Å²) in [5.74, 6) is -0.499. The summed E-state index contributed by atoms with van der Waals surface area (Å²) in [6.07, 6.45) is 3.35. The third kappa shape index (κ3) is 3.57. The SMILES string of the molecule is CC1(c2cc(Cl)c(F)c(Cl)c2)CC(c2ccc(C3(F)CN(C(=O)C4CCC4)C3)cc2)=NO1. The summed E-state index contributed by atoms with van der Waals surface area (Å²) in [7, 11) is 0. The van der Waals surface area contributed by atoms with E-state index in [2.05, 4.69) is 5.16 Å². The Morgan fingerprint density at radius 3 is 2.31 bits per heavy atom. The van der Waals surface area contributed by atoms with Crippen LogP contribution in [-0.4, -0.2) is 29.6 Å². The Kier molecular flexibility index (Phi) is 5.21. The molecule has 0 aromatic heterocycles. The first kappa shape index (κ1) is 21.7. The number of oxime groups is 1. The van der Waals surface area contributed by atoms with Crippen LogP contribution in [0, 0.1) is 11.7 Å². The first-order valence-corrected chi connectivity index (χ1v) is 11.4. The largest absolute Gasteiger partial charge is 0.384 e. The van der Waals surface area contributed by atoms with E-state index in [1.165, 1.54) is 12.1 Å². The second-order valence-electron chi connectivity index (χ2n) is 9.16. The zero-order chi connectivity index (χ0) is 22.7. The van der Waals surface area contributed by atoms with Gasteiger partial charge in [-0.25, -0.2) is 8.78 Å². The maximum absolute atomic E-state index is 15.3. The minimum Gasteiger partial charge on any atom is -0.384 e. The molecular formula is C24H22Cl2F2N2O2. The first-order valence-electron chi connectivity index (χ1n) is 10.7. The van der Waals surface area contributed by atoms with Gasteiger partial charge in [-0.3, -0.25) is 4.79 Å². The highest BCUT2D eigenvalue weighted by molar-refractivity contribution is 6.35. The number of rotatable bonds is 4. The molecule has 1 unspecified atom stereocenters. The Hall–Kier alpha value is -2.18. The minimum absolute atomic E-state index is 0.0753. The lowest BCUT2D eigenvalue weighted by molar-refractivity contribution is -0.153. The fourth-order valence-electron chi connectivity index (χ4n) is 4.48. The van der Waals surface area contributed by atoms with Crippen molar-refractivity contribution in [1.29, 1.82) is 0 Å². The molecule has 2 heterocycles. The maximum atomic E-state index is 15.3. The highest BCUT2D eigenvalue weighted by atomic mass is 35.5. The highest BCUT2D eigenvalue weighted by Crippen LogP contribution is 2.41. The monoisotopic (exact) mass is 478 g/mol. The topological polar surface area (TPSA) is 41.9 Å². The molecule has 1 amide bonds. The third-order valence-electron chi connectivity index (χ3n) is 6.84. The number of hydrogen-bond donors (Lipinski definition) is 0. The van der Waals surface area contributed by atoms with Gasteiger partial charge in [0.15, 0.2) is 17.1 Å². The molecule has 1 saturated carbocycles. The molecule has 32 heavy (non-hydrogen) atoms. The fourth-order valence-corrected chi connectivity index (χ4v) is 4.97. The lowest BCUT2D eigenvalue weighted by Crippen LogP contribution is -2.60. The van der Waals surface area contributed by atoms with Gasteiger partial charge in [0.1, 0.15) is 0 Å². The molecule has 1 aliphatic carbocycles. The van der Waals surface area contributed by atoms with Crippen molar-refractivity contribution in [2.45, 2.75) is 43.9 Å². The number of alkyl halides is 1. The lowest BCUT2D eigenvalue weighted by atomic mass is 9.81. The van der Waals surface area contributed by atoms with Gasteiger partial charge in [0.2, 0.25) is 5.91 Å². The van der Waals surface area contributed by atoms with E-state index < -0.39 is 17.1 Å². The van der Waals surface area contributed by atoms with Gasteiger partial charge in [0.25, 0.3) is 0 Å². The van der Waals surface area contributed by atoms with Crippen LogP contribution in [0.4, 0.5) is 8.78 Å². The number of amides is 1. The Morgan fingerprint density at radius 1 is 1.12 bits per heavy atom. The summed E-state index contributed by atoms with van der Waals surface area (Å²) in [5.41, 5.74) is 0.325. The number of benzene rings is 2. The summed E-state index contributed by atoms with van der Waals surface area (Å²) in [6.45, 7) is 2.04. The Labute approximate surface area is 195 Å². The van der Waals surface area contributed by atoms with Crippen LogP contribution in [-0.2, 0) is 20.9 Å². The van der Waals surface area contributed by atoms with E-state index in [9.17, 15) is 9.18 Å². The van der Waals surface area contributed by atoms with E-state index in [1.807, 2.05) is 19.1 Å². The molecule has 0 radical (unpaired) electrons. The summed E-state index contributed by atoms with van der Waals surface area (Å²) in [6, 6.07) is 10.1. The third-order valence-corrected chi connectivity index (χ3v) is 7.39.